The van der Waals surface area contributed by atoms with Gasteiger partial charge in [-0.15, -0.1) is 0 Å². The van der Waals surface area contributed by atoms with Gasteiger partial charge in [-0.1, -0.05) is 13.3 Å². The molecule has 0 aliphatic heterocycles. The van der Waals surface area contributed by atoms with E-state index in [1.165, 1.54) is 0 Å². The summed E-state index contributed by atoms with van der Waals surface area (Å²) in [6.07, 6.45) is -6.05. The lowest BCUT2D eigenvalue weighted by atomic mass is 10.1. The van der Waals surface area contributed by atoms with Crippen molar-refractivity contribution < 1.29 is 26.7 Å². The van der Waals surface area contributed by atoms with Crippen molar-refractivity contribution in [3.05, 3.63) is 0 Å². The van der Waals surface area contributed by atoms with Gasteiger partial charge in [-0.25, -0.2) is 0 Å². The minimum absolute atomic E-state index is 0.0461. The number of hydrogen-bond donors (Lipinski definition) is 0. The van der Waals surface area contributed by atoms with Crippen molar-refractivity contribution in [1.29, 1.82) is 0 Å². The van der Waals surface area contributed by atoms with Crippen LogP contribution in [0.4, 0.5) is 22.0 Å². The van der Waals surface area contributed by atoms with Crippen LogP contribution in [0.3, 0.4) is 0 Å². The zero-order chi connectivity index (χ0) is 10.7. The van der Waals surface area contributed by atoms with E-state index in [1.54, 1.807) is 6.92 Å². The van der Waals surface area contributed by atoms with Crippen LogP contribution in [0.2, 0.25) is 0 Å². The molecule has 78 valence electrons. The molecule has 0 spiro atoms. The van der Waals surface area contributed by atoms with Crippen molar-refractivity contribution in [3.8, 4) is 0 Å². The zero-order valence-corrected chi connectivity index (χ0v) is 6.92. The summed E-state index contributed by atoms with van der Waals surface area (Å²) >= 11 is 0. The normalized spacial score (nSPS) is 13.1. The van der Waals surface area contributed by atoms with E-state index in [0.717, 1.165) is 0 Å². The molecule has 0 bridgehead atoms. The Balaban J connectivity index is 4.37. The molecule has 0 fully saturated rings. The van der Waals surface area contributed by atoms with Crippen LogP contribution in [0, 0.1) is 0 Å². The minimum Gasteiger partial charge on any atom is -0.293 e. The molecule has 0 saturated heterocycles. The summed E-state index contributed by atoms with van der Waals surface area (Å²) in [5.74, 6) is -7.25. The molecule has 0 rings (SSSR count). The van der Waals surface area contributed by atoms with Crippen LogP contribution >= 0.6 is 0 Å². The van der Waals surface area contributed by atoms with Gasteiger partial charge in [0.25, 0.3) is 0 Å². The van der Waals surface area contributed by atoms with Gasteiger partial charge in [0.05, 0.1) is 0 Å². The fourth-order valence-corrected chi connectivity index (χ4v) is 0.652. The molecular formula is C7H9F5O. The second kappa shape index (κ2) is 4.02. The quantitative estimate of drug-likeness (QED) is 0.643. The van der Waals surface area contributed by atoms with Gasteiger partial charge in [0.1, 0.15) is 0 Å². The Morgan fingerprint density at radius 2 is 1.62 bits per heavy atom. The summed E-state index contributed by atoms with van der Waals surface area (Å²) in [7, 11) is 0. The highest BCUT2D eigenvalue weighted by Crippen LogP contribution is 2.37. The van der Waals surface area contributed by atoms with Crippen molar-refractivity contribution >= 4 is 5.78 Å². The van der Waals surface area contributed by atoms with E-state index in [0.29, 0.717) is 6.42 Å². The van der Waals surface area contributed by atoms with E-state index in [9.17, 15) is 26.7 Å². The molecule has 0 N–H and O–H groups in total. The van der Waals surface area contributed by atoms with E-state index in [2.05, 4.69) is 0 Å². The largest absolute Gasteiger partial charge is 0.461 e. The van der Waals surface area contributed by atoms with E-state index in [-0.39, 0.29) is 6.42 Å². The van der Waals surface area contributed by atoms with E-state index >= 15 is 0 Å². The Bertz CT molecular complexity index is 184. The van der Waals surface area contributed by atoms with Gasteiger partial charge in [-0.2, -0.15) is 22.0 Å². The number of halogens is 5. The first-order valence-corrected chi connectivity index (χ1v) is 3.71. The Kier molecular flexibility index (Phi) is 3.81. The fourth-order valence-electron chi connectivity index (χ4n) is 0.652. The SMILES string of the molecule is CCCCC(=O)C(F)(F)C(F)(F)F. The molecule has 0 aromatic carbocycles. The Labute approximate surface area is 71.9 Å². The van der Waals surface area contributed by atoms with Gasteiger partial charge in [0.2, 0.25) is 5.78 Å². The highest BCUT2D eigenvalue weighted by atomic mass is 19.4. The predicted molar refractivity (Wildman–Crippen MR) is 35.5 cm³/mol. The lowest BCUT2D eigenvalue weighted by Crippen LogP contribution is -2.43. The lowest BCUT2D eigenvalue weighted by Gasteiger charge is -2.17. The molecule has 0 aromatic heterocycles. The van der Waals surface area contributed by atoms with Gasteiger partial charge in [-0.05, 0) is 6.42 Å². The first-order chi connectivity index (χ1) is 5.73. The smallest absolute Gasteiger partial charge is 0.293 e. The molecule has 0 atom stereocenters. The average molecular weight is 204 g/mol. The maximum absolute atomic E-state index is 12.2. The van der Waals surface area contributed by atoms with Gasteiger partial charge in [0.15, 0.2) is 0 Å². The standard InChI is InChI=1S/C7H9F5O/c1-2-3-4-5(13)6(8,9)7(10,11)12/h2-4H2,1H3. The molecule has 6 heteroatoms. The van der Waals surface area contributed by atoms with Gasteiger partial charge < -0.3 is 0 Å². The molecule has 0 saturated carbocycles. The fraction of sp³-hybridized carbons (Fsp3) is 0.857. The van der Waals surface area contributed by atoms with Crippen molar-refractivity contribution in [3.63, 3.8) is 0 Å². The van der Waals surface area contributed by atoms with E-state index in [1.807, 2.05) is 0 Å². The topological polar surface area (TPSA) is 17.1 Å². The van der Waals surface area contributed by atoms with E-state index < -0.39 is 24.3 Å². The Morgan fingerprint density at radius 3 is 1.92 bits per heavy atom. The van der Waals surface area contributed by atoms with Crippen LogP contribution in [0.1, 0.15) is 26.2 Å². The molecule has 1 nitrogen and oxygen atoms in total. The molecule has 13 heavy (non-hydrogen) atoms. The Morgan fingerprint density at radius 1 is 1.15 bits per heavy atom. The number of rotatable bonds is 4. The first-order valence-electron chi connectivity index (χ1n) is 3.71. The maximum atomic E-state index is 12.2. The molecule has 0 amide bonds. The van der Waals surface area contributed by atoms with Gasteiger partial charge in [0, 0.05) is 6.42 Å². The minimum atomic E-state index is -5.77. The van der Waals surface area contributed by atoms with Gasteiger partial charge >= 0.3 is 12.1 Å². The first kappa shape index (κ1) is 12.3. The molecule has 0 heterocycles. The number of alkyl halides is 5. The second-order valence-electron chi connectivity index (χ2n) is 2.60. The molecule has 0 unspecified atom stereocenters. The van der Waals surface area contributed by atoms with Crippen LogP contribution in [0.5, 0.6) is 0 Å². The van der Waals surface area contributed by atoms with Gasteiger partial charge in [-0.3, -0.25) is 4.79 Å². The van der Waals surface area contributed by atoms with Crippen molar-refractivity contribution in [2.24, 2.45) is 0 Å². The van der Waals surface area contributed by atoms with Crippen LogP contribution in [0.15, 0.2) is 0 Å². The number of carbonyl (C=O) groups excluding carboxylic acids is 1. The zero-order valence-electron chi connectivity index (χ0n) is 6.92. The summed E-state index contributed by atoms with van der Waals surface area (Å²) < 4.78 is 59.0. The van der Waals surface area contributed by atoms with Crippen molar-refractivity contribution in [1.82, 2.24) is 0 Å². The average Bonchev–Trinajstić information content (AvgIpc) is 1.97. The monoisotopic (exact) mass is 204 g/mol. The lowest BCUT2D eigenvalue weighted by molar-refractivity contribution is -0.268. The van der Waals surface area contributed by atoms with Crippen LogP contribution in [-0.4, -0.2) is 17.9 Å². The van der Waals surface area contributed by atoms with Crippen LogP contribution < -0.4 is 0 Å². The third-order valence-corrected chi connectivity index (χ3v) is 1.46. The summed E-state index contributed by atoms with van der Waals surface area (Å²) in [6, 6.07) is 0. The number of hydrogen-bond acceptors (Lipinski definition) is 1. The summed E-state index contributed by atoms with van der Waals surface area (Å²) in [5.41, 5.74) is 0. The number of carbonyl (C=O) groups is 1. The van der Waals surface area contributed by atoms with Crippen LogP contribution in [0.25, 0.3) is 0 Å². The summed E-state index contributed by atoms with van der Waals surface area (Å²) in [5, 5.41) is 0. The maximum Gasteiger partial charge on any atom is 0.461 e. The van der Waals surface area contributed by atoms with Crippen molar-refractivity contribution in [2.75, 3.05) is 0 Å². The molecule has 0 radical (unpaired) electrons. The third-order valence-electron chi connectivity index (χ3n) is 1.46. The number of ketones is 1. The molecule has 0 aliphatic rings. The molecular weight excluding hydrogens is 195 g/mol. The van der Waals surface area contributed by atoms with Crippen LogP contribution in [-0.2, 0) is 4.79 Å². The Hall–Kier alpha value is -0.680. The highest BCUT2D eigenvalue weighted by Gasteiger charge is 2.62. The second-order valence-corrected chi connectivity index (χ2v) is 2.60. The van der Waals surface area contributed by atoms with Crippen molar-refractivity contribution in [2.45, 2.75) is 38.3 Å². The molecule has 0 aliphatic carbocycles. The molecule has 0 aromatic rings. The highest BCUT2D eigenvalue weighted by molar-refractivity contribution is 5.86. The summed E-state index contributed by atoms with van der Waals surface area (Å²) in [4.78, 5) is 10.4. The number of unbranched alkanes of at least 4 members (excludes halogenated alkanes) is 1. The number of Topliss-reactive ketones (excluding diaryl/α,β-unsaturated/α-hetero) is 1. The predicted octanol–water partition coefficient (Wildman–Crippen LogP) is 2.94. The van der Waals surface area contributed by atoms with E-state index in [4.69, 9.17) is 0 Å². The third kappa shape index (κ3) is 2.93. The summed E-state index contributed by atoms with van der Waals surface area (Å²) in [6.45, 7) is 1.60.